The highest BCUT2D eigenvalue weighted by Crippen LogP contribution is 2.30. The molecular formula is C19H22ClN5O3. The Bertz CT molecular complexity index is 999. The minimum atomic E-state index is -0.490. The molecule has 0 aromatic carbocycles. The zero-order valence-electron chi connectivity index (χ0n) is 16.1. The Labute approximate surface area is 167 Å². The van der Waals surface area contributed by atoms with Gasteiger partial charge in [-0.1, -0.05) is 16.8 Å². The van der Waals surface area contributed by atoms with E-state index in [9.17, 15) is 4.79 Å². The zero-order chi connectivity index (χ0) is 19.9. The van der Waals surface area contributed by atoms with Crippen molar-refractivity contribution in [1.29, 1.82) is 0 Å². The quantitative estimate of drug-likeness (QED) is 0.638. The van der Waals surface area contributed by atoms with Crippen molar-refractivity contribution < 1.29 is 14.1 Å². The van der Waals surface area contributed by atoms with Gasteiger partial charge in [-0.3, -0.25) is 0 Å². The van der Waals surface area contributed by atoms with Gasteiger partial charge in [0, 0.05) is 37.6 Å². The predicted molar refractivity (Wildman–Crippen MR) is 103 cm³/mol. The SMILES string of the molecule is CC(C)(C)OC(=O)N1CCC(c2noc(-c3cc4c(Cl)nccn4c3)n2)CC1. The van der Waals surface area contributed by atoms with Gasteiger partial charge in [0.15, 0.2) is 11.0 Å². The first-order valence-corrected chi connectivity index (χ1v) is 9.62. The summed E-state index contributed by atoms with van der Waals surface area (Å²) in [5.41, 5.74) is 1.08. The van der Waals surface area contributed by atoms with Crippen molar-refractivity contribution >= 4 is 23.2 Å². The second-order valence-electron chi connectivity index (χ2n) is 7.94. The van der Waals surface area contributed by atoms with Gasteiger partial charge in [0.2, 0.25) is 0 Å². The van der Waals surface area contributed by atoms with Crippen LogP contribution in [0.3, 0.4) is 0 Å². The molecule has 1 saturated heterocycles. The maximum absolute atomic E-state index is 12.2. The summed E-state index contributed by atoms with van der Waals surface area (Å²) in [4.78, 5) is 22.6. The van der Waals surface area contributed by atoms with E-state index >= 15 is 0 Å². The van der Waals surface area contributed by atoms with Crippen molar-refractivity contribution in [2.75, 3.05) is 13.1 Å². The van der Waals surface area contributed by atoms with Crippen LogP contribution in [0.5, 0.6) is 0 Å². The highest BCUT2D eigenvalue weighted by molar-refractivity contribution is 6.32. The molecule has 8 nitrogen and oxygen atoms in total. The number of rotatable bonds is 2. The van der Waals surface area contributed by atoms with Crippen LogP contribution in [0, 0.1) is 0 Å². The molecule has 1 aliphatic rings. The Hall–Kier alpha value is -2.61. The molecular weight excluding hydrogens is 382 g/mol. The number of halogens is 1. The fourth-order valence-corrected chi connectivity index (χ4v) is 3.49. The van der Waals surface area contributed by atoms with Gasteiger partial charge in [0.1, 0.15) is 5.60 Å². The van der Waals surface area contributed by atoms with E-state index in [0.29, 0.717) is 30.0 Å². The fourth-order valence-electron chi connectivity index (χ4n) is 3.29. The van der Waals surface area contributed by atoms with Gasteiger partial charge in [-0.2, -0.15) is 4.98 Å². The second kappa shape index (κ2) is 7.09. The highest BCUT2D eigenvalue weighted by atomic mass is 35.5. The molecule has 1 aliphatic heterocycles. The van der Waals surface area contributed by atoms with Crippen LogP contribution in [0.15, 0.2) is 29.2 Å². The van der Waals surface area contributed by atoms with Gasteiger partial charge < -0.3 is 18.6 Å². The number of aromatic nitrogens is 4. The standard InChI is InChI=1S/C19H22ClN5O3/c1-19(2,3)27-18(26)24-7-4-12(5-8-24)16-22-17(28-23-16)13-10-14-15(20)21-6-9-25(14)11-13/h6,9-12H,4-5,7-8H2,1-3H3. The normalized spacial score (nSPS) is 15.9. The number of carbonyl (C=O) groups is 1. The molecule has 0 radical (unpaired) electrons. The van der Waals surface area contributed by atoms with Crippen molar-refractivity contribution in [2.45, 2.75) is 45.1 Å². The number of amides is 1. The number of carbonyl (C=O) groups excluding carboxylic acids is 1. The molecule has 148 valence electrons. The van der Waals surface area contributed by atoms with Crippen molar-refractivity contribution in [2.24, 2.45) is 0 Å². The zero-order valence-corrected chi connectivity index (χ0v) is 16.8. The van der Waals surface area contributed by atoms with Gasteiger partial charge in [-0.05, 0) is 39.7 Å². The molecule has 0 saturated carbocycles. The van der Waals surface area contributed by atoms with E-state index in [-0.39, 0.29) is 12.0 Å². The summed E-state index contributed by atoms with van der Waals surface area (Å²) in [6.45, 7) is 6.83. The Balaban J connectivity index is 1.44. The van der Waals surface area contributed by atoms with Crippen LogP contribution in [-0.2, 0) is 4.74 Å². The van der Waals surface area contributed by atoms with Crippen LogP contribution in [0.25, 0.3) is 17.0 Å². The fraction of sp³-hybridized carbons (Fsp3) is 0.474. The lowest BCUT2D eigenvalue weighted by atomic mass is 9.96. The summed E-state index contributed by atoms with van der Waals surface area (Å²) >= 11 is 6.12. The van der Waals surface area contributed by atoms with E-state index < -0.39 is 5.60 Å². The second-order valence-corrected chi connectivity index (χ2v) is 8.30. The first kappa shape index (κ1) is 18.7. The molecule has 0 atom stereocenters. The lowest BCUT2D eigenvalue weighted by Gasteiger charge is -2.32. The number of likely N-dealkylation sites (tertiary alicyclic amines) is 1. The first-order chi connectivity index (χ1) is 13.3. The third kappa shape index (κ3) is 3.82. The van der Waals surface area contributed by atoms with E-state index in [1.54, 1.807) is 11.1 Å². The minimum absolute atomic E-state index is 0.151. The molecule has 1 amide bonds. The Kier molecular flexibility index (Phi) is 4.74. The molecule has 1 fully saturated rings. The number of piperidine rings is 1. The van der Waals surface area contributed by atoms with Crippen LogP contribution in [0.2, 0.25) is 5.15 Å². The predicted octanol–water partition coefficient (Wildman–Crippen LogP) is 4.15. The smallest absolute Gasteiger partial charge is 0.410 e. The maximum Gasteiger partial charge on any atom is 0.410 e. The third-order valence-corrected chi connectivity index (χ3v) is 4.97. The van der Waals surface area contributed by atoms with E-state index in [1.165, 1.54) is 0 Å². The Morgan fingerprint density at radius 3 is 2.75 bits per heavy atom. The van der Waals surface area contributed by atoms with Gasteiger partial charge >= 0.3 is 6.09 Å². The van der Waals surface area contributed by atoms with E-state index in [4.69, 9.17) is 20.9 Å². The van der Waals surface area contributed by atoms with E-state index in [0.717, 1.165) is 23.9 Å². The highest BCUT2D eigenvalue weighted by Gasteiger charge is 2.29. The molecule has 3 aromatic heterocycles. The molecule has 0 aliphatic carbocycles. The number of ether oxygens (including phenoxy) is 1. The van der Waals surface area contributed by atoms with Crippen LogP contribution in [0.4, 0.5) is 4.79 Å². The lowest BCUT2D eigenvalue weighted by molar-refractivity contribution is 0.0203. The molecule has 4 rings (SSSR count). The van der Waals surface area contributed by atoms with Crippen LogP contribution in [-0.4, -0.2) is 49.2 Å². The molecule has 0 bridgehead atoms. The summed E-state index contributed by atoms with van der Waals surface area (Å²) < 4.78 is 12.8. The number of fused-ring (bicyclic) bond motifs is 1. The van der Waals surface area contributed by atoms with Gasteiger partial charge in [0.05, 0.1) is 11.1 Å². The largest absolute Gasteiger partial charge is 0.444 e. The molecule has 3 aromatic rings. The maximum atomic E-state index is 12.2. The molecule has 28 heavy (non-hydrogen) atoms. The lowest BCUT2D eigenvalue weighted by Crippen LogP contribution is -2.41. The average molecular weight is 404 g/mol. The minimum Gasteiger partial charge on any atom is -0.444 e. The number of hydrogen-bond donors (Lipinski definition) is 0. The first-order valence-electron chi connectivity index (χ1n) is 9.24. The number of hydrogen-bond acceptors (Lipinski definition) is 6. The van der Waals surface area contributed by atoms with Crippen LogP contribution >= 0.6 is 11.6 Å². The van der Waals surface area contributed by atoms with Crippen LogP contribution in [0.1, 0.15) is 45.4 Å². The molecule has 0 spiro atoms. The van der Waals surface area contributed by atoms with Crippen LogP contribution < -0.4 is 0 Å². The molecule has 4 heterocycles. The summed E-state index contributed by atoms with van der Waals surface area (Å²) in [7, 11) is 0. The monoisotopic (exact) mass is 403 g/mol. The van der Waals surface area contributed by atoms with Crippen molar-refractivity contribution in [3.63, 3.8) is 0 Å². The van der Waals surface area contributed by atoms with Gasteiger partial charge in [-0.15, -0.1) is 0 Å². The molecule has 0 unspecified atom stereocenters. The average Bonchev–Trinajstić information content (AvgIpc) is 3.28. The molecule has 9 heteroatoms. The van der Waals surface area contributed by atoms with Gasteiger partial charge in [-0.25, -0.2) is 9.78 Å². The Morgan fingerprint density at radius 1 is 1.32 bits per heavy atom. The molecule has 0 N–H and O–H groups in total. The van der Waals surface area contributed by atoms with Crippen molar-refractivity contribution in [3.8, 4) is 11.5 Å². The van der Waals surface area contributed by atoms with Gasteiger partial charge in [0.25, 0.3) is 5.89 Å². The van der Waals surface area contributed by atoms with Crippen molar-refractivity contribution in [1.82, 2.24) is 24.4 Å². The summed E-state index contributed by atoms with van der Waals surface area (Å²) in [5.74, 6) is 1.26. The topological polar surface area (TPSA) is 85.8 Å². The summed E-state index contributed by atoms with van der Waals surface area (Å²) in [6, 6.07) is 1.87. The number of nitrogens with zero attached hydrogens (tertiary/aromatic N) is 5. The van der Waals surface area contributed by atoms with E-state index in [1.807, 2.05) is 43.6 Å². The third-order valence-electron chi connectivity index (χ3n) is 4.68. The summed E-state index contributed by atoms with van der Waals surface area (Å²) in [5, 5.41) is 4.58. The van der Waals surface area contributed by atoms with Crippen molar-refractivity contribution in [3.05, 3.63) is 35.6 Å². The Morgan fingerprint density at radius 2 is 2.07 bits per heavy atom. The summed E-state index contributed by atoms with van der Waals surface area (Å²) in [6.07, 6.45) is 6.60. The van der Waals surface area contributed by atoms with E-state index in [2.05, 4.69) is 15.1 Å².